The number of carbonyl (C=O) groups excluding carboxylic acids is 2. The number of ether oxygens (including phenoxy) is 2. The van der Waals surface area contributed by atoms with Gasteiger partial charge in [0.1, 0.15) is 6.10 Å². The van der Waals surface area contributed by atoms with E-state index in [1.165, 1.54) is 109 Å². The molecule has 0 aromatic heterocycles. The number of carbonyl (C=O) groups is 2. The molecule has 1 N–H and O–H groups in total. The molecule has 6 nitrogen and oxygen atoms in total. The monoisotopic (exact) mass is 668 g/mol. The molecule has 0 aliphatic rings. The normalized spacial score (nSPS) is 12.2. The molecule has 47 heavy (non-hydrogen) atoms. The highest BCUT2D eigenvalue weighted by Crippen LogP contribution is 2.18. The Morgan fingerprint density at radius 2 is 0.894 bits per heavy atom. The summed E-state index contributed by atoms with van der Waals surface area (Å²) in [4.78, 5) is 27.2. The zero-order chi connectivity index (χ0) is 34.6. The van der Waals surface area contributed by atoms with Crippen LogP contribution in [0.2, 0.25) is 0 Å². The van der Waals surface area contributed by atoms with Gasteiger partial charge in [-0.3, -0.25) is 9.59 Å². The van der Waals surface area contributed by atoms with Crippen molar-refractivity contribution < 1.29 is 24.2 Å². The summed E-state index contributed by atoms with van der Waals surface area (Å²) >= 11 is 0. The highest BCUT2D eigenvalue weighted by atomic mass is 16.5. The molecule has 280 valence electrons. The van der Waals surface area contributed by atoms with Crippen molar-refractivity contribution in [2.24, 2.45) is 0 Å². The molecule has 0 aliphatic carbocycles. The molecule has 1 atom stereocenters. The molecule has 0 aromatic rings. The Morgan fingerprint density at radius 3 is 1.43 bits per heavy atom. The topological polar surface area (TPSA) is 76.1 Å². The molecule has 1 unspecified atom stereocenters. The molecule has 0 saturated carbocycles. The van der Waals surface area contributed by atoms with Crippen molar-refractivity contribution in [3.8, 4) is 0 Å². The van der Waals surface area contributed by atoms with Gasteiger partial charge < -0.3 is 19.5 Å². The van der Waals surface area contributed by atoms with Crippen molar-refractivity contribution >= 4 is 11.9 Å². The van der Waals surface area contributed by atoms with E-state index in [9.17, 15) is 14.7 Å². The van der Waals surface area contributed by atoms with Crippen LogP contribution in [0.25, 0.3) is 0 Å². The largest absolute Gasteiger partial charge is 0.463 e. The highest BCUT2D eigenvalue weighted by Gasteiger charge is 2.15. The smallest absolute Gasteiger partial charge is 0.306 e. The summed E-state index contributed by atoms with van der Waals surface area (Å²) in [7, 11) is 0. The van der Waals surface area contributed by atoms with Crippen LogP contribution in [0.1, 0.15) is 214 Å². The minimum Gasteiger partial charge on any atom is -0.463 e. The second-order valence-electron chi connectivity index (χ2n) is 14.3. The van der Waals surface area contributed by atoms with Gasteiger partial charge in [-0.15, -0.1) is 0 Å². The van der Waals surface area contributed by atoms with Gasteiger partial charge in [-0.1, -0.05) is 136 Å². The number of nitrogens with zero attached hydrogens (tertiary/aromatic N) is 1. The number of esters is 2. The van der Waals surface area contributed by atoms with E-state index in [4.69, 9.17) is 9.47 Å². The molecule has 0 amide bonds. The Morgan fingerprint density at radius 1 is 0.489 bits per heavy atom. The van der Waals surface area contributed by atoms with Gasteiger partial charge in [0.2, 0.25) is 0 Å². The van der Waals surface area contributed by atoms with E-state index in [1.807, 2.05) is 6.92 Å². The maximum Gasteiger partial charge on any atom is 0.306 e. The fourth-order valence-corrected chi connectivity index (χ4v) is 6.42. The third kappa shape index (κ3) is 33.1. The van der Waals surface area contributed by atoms with Gasteiger partial charge in [-0.2, -0.15) is 0 Å². The van der Waals surface area contributed by atoms with Crippen molar-refractivity contribution in [3.63, 3.8) is 0 Å². The maximum absolute atomic E-state index is 12.7. The molecular formula is C41H81NO5. The zero-order valence-corrected chi connectivity index (χ0v) is 32.0. The van der Waals surface area contributed by atoms with Gasteiger partial charge in [-0.05, 0) is 77.8 Å². The van der Waals surface area contributed by atoms with E-state index >= 15 is 0 Å². The fourth-order valence-electron chi connectivity index (χ4n) is 6.42. The van der Waals surface area contributed by atoms with Gasteiger partial charge in [-0.25, -0.2) is 0 Å². The number of hydrogen-bond donors (Lipinski definition) is 1. The lowest BCUT2D eigenvalue weighted by Crippen LogP contribution is -2.29. The first-order valence-electron chi connectivity index (χ1n) is 20.7. The van der Waals surface area contributed by atoms with Crippen molar-refractivity contribution in [2.45, 2.75) is 226 Å². The highest BCUT2D eigenvalue weighted by molar-refractivity contribution is 5.69. The summed E-state index contributed by atoms with van der Waals surface area (Å²) in [6.45, 7) is 11.3. The van der Waals surface area contributed by atoms with Crippen LogP contribution in [0.15, 0.2) is 0 Å². The minimum absolute atomic E-state index is 0.000663. The maximum atomic E-state index is 12.7. The third-order valence-electron chi connectivity index (χ3n) is 9.48. The van der Waals surface area contributed by atoms with E-state index in [1.54, 1.807) is 0 Å². The van der Waals surface area contributed by atoms with Crippen LogP contribution in [-0.4, -0.2) is 60.4 Å². The average molecular weight is 668 g/mol. The van der Waals surface area contributed by atoms with Crippen LogP contribution in [0.5, 0.6) is 0 Å². The lowest BCUT2D eigenvalue weighted by molar-refractivity contribution is -0.150. The van der Waals surface area contributed by atoms with Crippen LogP contribution < -0.4 is 0 Å². The Labute approximate surface area is 292 Å². The van der Waals surface area contributed by atoms with Crippen molar-refractivity contribution in [3.05, 3.63) is 0 Å². The number of aliphatic hydroxyl groups excluding tert-OH is 1. The summed E-state index contributed by atoms with van der Waals surface area (Å²) in [5, 5.41) is 9.51. The van der Waals surface area contributed by atoms with E-state index in [-0.39, 0.29) is 30.8 Å². The molecule has 0 fully saturated rings. The standard InChI is InChI=1S/C41H81NO5/c1-5-8-11-14-18-23-29-38(4)46-40(44)33-28-35-42(36-37-43)34-27-22-17-21-26-32-41(45)47-39(30-24-19-15-12-9-6-2)31-25-20-16-13-10-7-3/h38-39,43H,5-37H2,1-4H3. The van der Waals surface area contributed by atoms with Crippen LogP contribution in [0, 0.1) is 0 Å². The number of rotatable bonds is 37. The van der Waals surface area contributed by atoms with Crippen molar-refractivity contribution in [1.82, 2.24) is 4.90 Å². The van der Waals surface area contributed by atoms with Crippen LogP contribution in [-0.2, 0) is 19.1 Å². The molecule has 0 rings (SSSR count). The Hall–Kier alpha value is -1.14. The molecule has 0 heterocycles. The first-order valence-corrected chi connectivity index (χ1v) is 20.7. The summed E-state index contributed by atoms with van der Waals surface area (Å²) < 4.78 is 11.6. The molecule has 0 radical (unpaired) electrons. The van der Waals surface area contributed by atoms with Crippen molar-refractivity contribution in [2.75, 3.05) is 26.2 Å². The fraction of sp³-hybridized carbons (Fsp3) is 0.951. The second-order valence-corrected chi connectivity index (χ2v) is 14.3. The van der Waals surface area contributed by atoms with E-state index in [0.717, 1.165) is 77.3 Å². The first kappa shape index (κ1) is 45.9. The van der Waals surface area contributed by atoms with Gasteiger partial charge >= 0.3 is 11.9 Å². The molecule has 0 spiro atoms. The predicted octanol–water partition coefficient (Wildman–Crippen LogP) is 11.5. The SMILES string of the molecule is CCCCCCCCC(C)OC(=O)CCCN(CCO)CCCCCCCC(=O)OC(CCCCCCCC)CCCCCCCC. The lowest BCUT2D eigenvalue weighted by atomic mass is 10.0. The Balaban J connectivity index is 4.11. The molecular weight excluding hydrogens is 586 g/mol. The van der Waals surface area contributed by atoms with Crippen molar-refractivity contribution in [1.29, 1.82) is 0 Å². The van der Waals surface area contributed by atoms with Gasteiger partial charge in [0, 0.05) is 19.4 Å². The molecule has 0 saturated heterocycles. The third-order valence-corrected chi connectivity index (χ3v) is 9.48. The first-order chi connectivity index (χ1) is 23.0. The van der Waals surface area contributed by atoms with Crippen LogP contribution in [0.4, 0.5) is 0 Å². The van der Waals surface area contributed by atoms with Crippen LogP contribution in [0.3, 0.4) is 0 Å². The quantitative estimate of drug-likeness (QED) is 0.0525. The number of aliphatic hydroxyl groups is 1. The van der Waals surface area contributed by atoms with Crippen LogP contribution >= 0.6 is 0 Å². The molecule has 6 heteroatoms. The molecule has 0 bridgehead atoms. The van der Waals surface area contributed by atoms with E-state index in [0.29, 0.717) is 19.4 Å². The summed E-state index contributed by atoms with van der Waals surface area (Å²) in [5.41, 5.74) is 0. The van der Waals surface area contributed by atoms with E-state index < -0.39 is 0 Å². The predicted molar refractivity (Wildman–Crippen MR) is 200 cm³/mol. The Bertz CT molecular complexity index is 656. The number of hydrogen-bond acceptors (Lipinski definition) is 6. The number of unbranched alkanes of at least 4 members (excludes halogenated alkanes) is 19. The lowest BCUT2D eigenvalue weighted by Gasteiger charge is -2.21. The second kappa shape index (κ2) is 36.1. The summed E-state index contributed by atoms with van der Waals surface area (Å²) in [6, 6.07) is 0. The summed E-state index contributed by atoms with van der Waals surface area (Å²) in [5.74, 6) is -0.0986. The molecule has 0 aromatic carbocycles. The van der Waals surface area contributed by atoms with Gasteiger partial charge in [0.15, 0.2) is 0 Å². The summed E-state index contributed by atoms with van der Waals surface area (Å²) in [6.07, 6.45) is 33.0. The molecule has 0 aliphatic heterocycles. The average Bonchev–Trinajstić information content (AvgIpc) is 3.05. The van der Waals surface area contributed by atoms with Gasteiger partial charge in [0.05, 0.1) is 12.7 Å². The minimum atomic E-state index is -0.0953. The van der Waals surface area contributed by atoms with Gasteiger partial charge in [0.25, 0.3) is 0 Å². The van der Waals surface area contributed by atoms with E-state index in [2.05, 4.69) is 25.7 Å². The zero-order valence-electron chi connectivity index (χ0n) is 32.0. The Kier molecular flexibility index (Phi) is 35.3.